The molecule has 106 valence electrons. The first kappa shape index (κ1) is 16.0. The molecule has 1 aromatic rings. The van der Waals surface area contributed by atoms with Gasteiger partial charge in [-0.05, 0) is 36.9 Å². The predicted octanol–water partition coefficient (Wildman–Crippen LogP) is 2.08. The second kappa shape index (κ2) is 8.18. The summed E-state index contributed by atoms with van der Waals surface area (Å²) in [7, 11) is 0. The normalized spacial score (nSPS) is 18.5. The third-order valence-electron chi connectivity index (χ3n) is 3.46. The van der Waals surface area contributed by atoms with Crippen LogP contribution in [0.3, 0.4) is 0 Å². The zero-order chi connectivity index (χ0) is 12.8. The molecule has 1 amide bonds. The molecule has 1 aromatic carbocycles. The Morgan fingerprint density at radius 1 is 1.32 bits per heavy atom. The zero-order valence-corrected chi connectivity index (χ0v) is 12.3. The van der Waals surface area contributed by atoms with Crippen LogP contribution in [0, 0.1) is 0 Å². The van der Waals surface area contributed by atoms with E-state index in [-0.39, 0.29) is 18.3 Å². The molecule has 1 fully saturated rings. The van der Waals surface area contributed by atoms with Crippen molar-refractivity contribution in [1.82, 2.24) is 10.6 Å². The van der Waals surface area contributed by atoms with Gasteiger partial charge in [0.1, 0.15) is 0 Å². The van der Waals surface area contributed by atoms with Crippen molar-refractivity contribution in [2.24, 2.45) is 0 Å². The number of nitrogens with one attached hydrogen (secondary N) is 2. The lowest BCUT2D eigenvalue weighted by molar-refractivity contribution is -0.121. The minimum absolute atomic E-state index is 0. The summed E-state index contributed by atoms with van der Waals surface area (Å²) in [4.78, 5) is 11.9. The lowest BCUT2D eigenvalue weighted by Gasteiger charge is -2.23. The third kappa shape index (κ3) is 5.21. The Morgan fingerprint density at radius 3 is 2.58 bits per heavy atom. The third-order valence-corrected chi connectivity index (χ3v) is 3.46. The van der Waals surface area contributed by atoms with Crippen LogP contribution in [0.15, 0.2) is 24.3 Å². The van der Waals surface area contributed by atoms with E-state index in [9.17, 15) is 4.79 Å². The summed E-state index contributed by atoms with van der Waals surface area (Å²) in [6.45, 7) is 4.11. The van der Waals surface area contributed by atoms with Crippen LogP contribution in [-0.2, 0) is 17.6 Å². The minimum atomic E-state index is 0. The van der Waals surface area contributed by atoms with Gasteiger partial charge in [-0.1, -0.05) is 31.2 Å². The second-order valence-corrected chi connectivity index (χ2v) is 4.96. The molecule has 1 unspecified atom stereocenters. The van der Waals surface area contributed by atoms with Gasteiger partial charge in [0, 0.05) is 12.6 Å². The number of benzene rings is 1. The van der Waals surface area contributed by atoms with Crippen LogP contribution in [-0.4, -0.2) is 25.0 Å². The SMILES string of the molecule is CCc1ccc(CC(=O)NC2CCCNC2)cc1.Cl. The van der Waals surface area contributed by atoms with Crippen molar-refractivity contribution in [3.8, 4) is 0 Å². The topological polar surface area (TPSA) is 41.1 Å². The van der Waals surface area contributed by atoms with E-state index >= 15 is 0 Å². The molecular formula is C15H23ClN2O. The van der Waals surface area contributed by atoms with Crippen molar-refractivity contribution < 1.29 is 4.79 Å². The number of halogens is 1. The van der Waals surface area contributed by atoms with Crippen molar-refractivity contribution in [2.45, 2.75) is 38.6 Å². The van der Waals surface area contributed by atoms with Gasteiger partial charge >= 0.3 is 0 Å². The van der Waals surface area contributed by atoms with Crippen LogP contribution < -0.4 is 10.6 Å². The molecule has 1 heterocycles. The number of hydrogen-bond acceptors (Lipinski definition) is 2. The summed E-state index contributed by atoms with van der Waals surface area (Å²) in [6.07, 6.45) is 3.77. The molecule has 0 aromatic heterocycles. The highest BCUT2D eigenvalue weighted by molar-refractivity contribution is 5.85. The monoisotopic (exact) mass is 282 g/mol. The summed E-state index contributed by atoms with van der Waals surface area (Å²) in [6, 6.07) is 8.62. The van der Waals surface area contributed by atoms with Gasteiger partial charge in [0.2, 0.25) is 5.91 Å². The summed E-state index contributed by atoms with van der Waals surface area (Å²) in [5.74, 6) is 0.132. The van der Waals surface area contributed by atoms with Crippen LogP contribution in [0.25, 0.3) is 0 Å². The molecule has 0 aliphatic carbocycles. The van der Waals surface area contributed by atoms with E-state index in [4.69, 9.17) is 0 Å². The number of carbonyl (C=O) groups excluding carboxylic acids is 1. The Bertz CT molecular complexity index is 386. The highest BCUT2D eigenvalue weighted by Gasteiger charge is 2.15. The predicted molar refractivity (Wildman–Crippen MR) is 80.8 cm³/mol. The Kier molecular flexibility index (Phi) is 6.89. The molecule has 0 bridgehead atoms. The first-order chi connectivity index (χ1) is 8.78. The molecule has 3 nitrogen and oxygen atoms in total. The highest BCUT2D eigenvalue weighted by atomic mass is 35.5. The van der Waals surface area contributed by atoms with Gasteiger partial charge in [-0.3, -0.25) is 4.79 Å². The van der Waals surface area contributed by atoms with Crippen molar-refractivity contribution in [2.75, 3.05) is 13.1 Å². The molecule has 1 aliphatic heterocycles. The Hall–Kier alpha value is -1.06. The second-order valence-electron chi connectivity index (χ2n) is 4.96. The zero-order valence-electron chi connectivity index (χ0n) is 11.4. The highest BCUT2D eigenvalue weighted by Crippen LogP contribution is 2.07. The maximum absolute atomic E-state index is 11.9. The largest absolute Gasteiger partial charge is 0.352 e. The minimum Gasteiger partial charge on any atom is -0.352 e. The first-order valence-corrected chi connectivity index (χ1v) is 6.86. The molecule has 1 saturated heterocycles. The van der Waals surface area contributed by atoms with E-state index in [2.05, 4.69) is 41.8 Å². The van der Waals surface area contributed by atoms with Gasteiger partial charge in [-0.25, -0.2) is 0 Å². The quantitative estimate of drug-likeness (QED) is 0.888. The molecule has 2 rings (SSSR count). The van der Waals surface area contributed by atoms with Crippen molar-refractivity contribution >= 4 is 18.3 Å². The lowest BCUT2D eigenvalue weighted by Crippen LogP contribution is -2.46. The van der Waals surface area contributed by atoms with E-state index in [0.717, 1.165) is 37.9 Å². The smallest absolute Gasteiger partial charge is 0.224 e. The molecule has 19 heavy (non-hydrogen) atoms. The molecule has 0 radical (unpaired) electrons. The molecule has 1 atom stereocenters. The van der Waals surface area contributed by atoms with Crippen molar-refractivity contribution in [3.63, 3.8) is 0 Å². The molecule has 1 aliphatic rings. The van der Waals surface area contributed by atoms with Crippen LogP contribution >= 0.6 is 12.4 Å². The lowest BCUT2D eigenvalue weighted by atomic mass is 10.1. The fourth-order valence-electron chi connectivity index (χ4n) is 2.33. The van der Waals surface area contributed by atoms with E-state index in [1.54, 1.807) is 0 Å². The summed E-state index contributed by atoms with van der Waals surface area (Å²) in [5.41, 5.74) is 2.41. The Morgan fingerprint density at radius 2 is 2.00 bits per heavy atom. The van der Waals surface area contributed by atoms with Gasteiger partial charge in [-0.15, -0.1) is 12.4 Å². The van der Waals surface area contributed by atoms with Gasteiger partial charge in [0.15, 0.2) is 0 Å². The number of hydrogen-bond donors (Lipinski definition) is 2. The van der Waals surface area contributed by atoms with E-state index in [1.165, 1.54) is 5.56 Å². The van der Waals surface area contributed by atoms with Crippen LogP contribution in [0.5, 0.6) is 0 Å². The molecular weight excluding hydrogens is 260 g/mol. The number of aryl methyl sites for hydroxylation is 1. The van der Waals surface area contributed by atoms with E-state index in [1.807, 2.05) is 0 Å². The number of rotatable bonds is 4. The maximum Gasteiger partial charge on any atom is 0.224 e. The number of carbonyl (C=O) groups is 1. The number of amides is 1. The average molecular weight is 283 g/mol. The van der Waals surface area contributed by atoms with E-state index < -0.39 is 0 Å². The van der Waals surface area contributed by atoms with Gasteiger partial charge in [0.05, 0.1) is 6.42 Å². The Labute approximate surface area is 121 Å². The van der Waals surface area contributed by atoms with Crippen molar-refractivity contribution in [3.05, 3.63) is 35.4 Å². The van der Waals surface area contributed by atoms with Gasteiger partial charge in [0.25, 0.3) is 0 Å². The van der Waals surface area contributed by atoms with E-state index in [0.29, 0.717) is 12.5 Å². The van der Waals surface area contributed by atoms with Crippen LogP contribution in [0.4, 0.5) is 0 Å². The maximum atomic E-state index is 11.9. The summed E-state index contributed by atoms with van der Waals surface area (Å²) >= 11 is 0. The Balaban J connectivity index is 0.00000180. The number of piperidine rings is 1. The fraction of sp³-hybridized carbons (Fsp3) is 0.533. The van der Waals surface area contributed by atoms with Crippen molar-refractivity contribution in [1.29, 1.82) is 0 Å². The summed E-state index contributed by atoms with van der Waals surface area (Å²) < 4.78 is 0. The molecule has 2 N–H and O–H groups in total. The van der Waals surface area contributed by atoms with Crippen LogP contribution in [0.2, 0.25) is 0 Å². The van der Waals surface area contributed by atoms with Gasteiger partial charge in [-0.2, -0.15) is 0 Å². The van der Waals surface area contributed by atoms with Crippen LogP contribution in [0.1, 0.15) is 30.9 Å². The summed E-state index contributed by atoms with van der Waals surface area (Å²) in [5, 5.41) is 6.40. The molecule has 0 saturated carbocycles. The fourth-order valence-corrected chi connectivity index (χ4v) is 2.33. The standard InChI is InChI=1S/C15H22N2O.ClH/c1-2-12-5-7-13(8-6-12)10-15(18)17-14-4-3-9-16-11-14;/h5-8,14,16H,2-4,9-11H2,1H3,(H,17,18);1H. The first-order valence-electron chi connectivity index (χ1n) is 6.86. The average Bonchev–Trinajstić information content (AvgIpc) is 2.40. The molecule has 4 heteroatoms. The van der Waals surface area contributed by atoms with Gasteiger partial charge < -0.3 is 10.6 Å². The molecule has 0 spiro atoms.